The molecule has 2 rings (SSSR count). The SMILES string of the molecule is COc1cc(C=CC(=O)Nc2ccc(C)cc2Br)ccc1OCC#N. The average Bonchev–Trinajstić information content (AvgIpc) is 2.60. The molecule has 0 spiro atoms. The molecule has 2 aromatic carbocycles. The molecule has 0 heterocycles. The fourth-order valence-corrected chi connectivity index (χ4v) is 2.68. The van der Waals surface area contributed by atoms with Gasteiger partial charge in [-0.05, 0) is 64.3 Å². The smallest absolute Gasteiger partial charge is 0.248 e. The lowest BCUT2D eigenvalue weighted by atomic mass is 10.2. The highest BCUT2D eigenvalue weighted by atomic mass is 79.9. The van der Waals surface area contributed by atoms with E-state index in [9.17, 15) is 4.79 Å². The Morgan fingerprint density at radius 2 is 2.08 bits per heavy atom. The lowest BCUT2D eigenvalue weighted by molar-refractivity contribution is -0.111. The minimum Gasteiger partial charge on any atom is -0.493 e. The van der Waals surface area contributed by atoms with Gasteiger partial charge < -0.3 is 14.8 Å². The molecule has 6 heteroatoms. The molecule has 0 unspecified atom stereocenters. The summed E-state index contributed by atoms with van der Waals surface area (Å²) in [5.41, 5.74) is 2.59. The van der Waals surface area contributed by atoms with E-state index in [-0.39, 0.29) is 12.5 Å². The third-order valence-electron chi connectivity index (χ3n) is 3.29. The topological polar surface area (TPSA) is 71.3 Å². The number of rotatable bonds is 6. The van der Waals surface area contributed by atoms with Crippen molar-refractivity contribution in [3.8, 4) is 17.6 Å². The molecular weight excluding hydrogens is 384 g/mol. The zero-order valence-corrected chi connectivity index (χ0v) is 15.5. The molecule has 2 aromatic rings. The first-order valence-electron chi connectivity index (χ1n) is 7.46. The van der Waals surface area contributed by atoms with Crippen molar-refractivity contribution in [3.63, 3.8) is 0 Å². The number of hydrogen-bond acceptors (Lipinski definition) is 4. The van der Waals surface area contributed by atoms with Gasteiger partial charge in [0, 0.05) is 10.5 Å². The summed E-state index contributed by atoms with van der Waals surface area (Å²) in [6.45, 7) is 1.92. The first kappa shape index (κ1) is 18.6. The van der Waals surface area contributed by atoms with Crippen molar-refractivity contribution in [2.24, 2.45) is 0 Å². The Bertz CT molecular complexity index is 841. The number of anilines is 1. The maximum Gasteiger partial charge on any atom is 0.248 e. The van der Waals surface area contributed by atoms with E-state index in [2.05, 4.69) is 21.2 Å². The summed E-state index contributed by atoms with van der Waals surface area (Å²) in [5.74, 6) is 0.738. The van der Waals surface area contributed by atoms with E-state index < -0.39 is 0 Å². The van der Waals surface area contributed by atoms with Crippen molar-refractivity contribution >= 4 is 33.6 Å². The molecule has 5 nitrogen and oxygen atoms in total. The molecular formula is C19H17BrN2O3. The van der Waals surface area contributed by atoms with Crippen LogP contribution >= 0.6 is 15.9 Å². The van der Waals surface area contributed by atoms with Gasteiger partial charge in [-0.3, -0.25) is 4.79 Å². The van der Waals surface area contributed by atoms with E-state index in [1.54, 1.807) is 24.3 Å². The third-order valence-corrected chi connectivity index (χ3v) is 3.95. The Morgan fingerprint density at radius 3 is 2.76 bits per heavy atom. The summed E-state index contributed by atoms with van der Waals surface area (Å²) in [5, 5.41) is 11.4. The van der Waals surface area contributed by atoms with Gasteiger partial charge in [0.25, 0.3) is 0 Å². The molecule has 25 heavy (non-hydrogen) atoms. The van der Waals surface area contributed by atoms with Crippen LogP contribution in [0.15, 0.2) is 46.9 Å². The van der Waals surface area contributed by atoms with Gasteiger partial charge in [0.05, 0.1) is 12.8 Å². The summed E-state index contributed by atoms with van der Waals surface area (Å²) in [6, 6.07) is 12.8. The second-order valence-corrected chi connectivity index (χ2v) is 6.02. The fraction of sp³-hybridized carbons (Fsp3) is 0.158. The van der Waals surface area contributed by atoms with Crippen LogP contribution < -0.4 is 14.8 Å². The Labute approximate surface area is 155 Å². The maximum atomic E-state index is 12.1. The largest absolute Gasteiger partial charge is 0.493 e. The van der Waals surface area contributed by atoms with E-state index in [4.69, 9.17) is 14.7 Å². The Kier molecular flexibility index (Phi) is 6.61. The molecule has 0 saturated heterocycles. The molecule has 1 amide bonds. The van der Waals surface area contributed by atoms with Crippen molar-refractivity contribution in [1.82, 2.24) is 0 Å². The number of carbonyl (C=O) groups excluding carboxylic acids is 1. The first-order valence-corrected chi connectivity index (χ1v) is 8.26. The Morgan fingerprint density at radius 1 is 1.28 bits per heavy atom. The van der Waals surface area contributed by atoms with Crippen LogP contribution in [0, 0.1) is 18.3 Å². The van der Waals surface area contributed by atoms with E-state index in [0.717, 1.165) is 15.6 Å². The summed E-state index contributed by atoms with van der Waals surface area (Å²) in [6.07, 6.45) is 3.12. The second-order valence-electron chi connectivity index (χ2n) is 5.16. The molecule has 128 valence electrons. The third kappa shape index (κ3) is 5.37. The van der Waals surface area contributed by atoms with Crippen molar-refractivity contribution in [2.45, 2.75) is 6.92 Å². The number of nitriles is 1. The van der Waals surface area contributed by atoms with Gasteiger partial charge in [0.2, 0.25) is 5.91 Å². The van der Waals surface area contributed by atoms with Gasteiger partial charge in [0.15, 0.2) is 18.1 Å². The number of nitrogens with zero attached hydrogens (tertiary/aromatic N) is 1. The lowest BCUT2D eigenvalue weighted by Crippen LogP contribution is -2.08. The molecule has 0 aliphatic carbocycles. The molecule has 1 N–H and O–H groups in total. The van der Waals surface area contributed by atoms with E-state index >= 15 is 0 Å². The van der Waals surface area contributed by atoms with Gasteiger partial charge in [-0.2, -0.15) is 5.26 Å². The number of nitrogens with one attached hydrogen (secondary N) is 1. The van der Waals surface area contributed by atoms with Crippen LogP contribution in [0.25, 0.3) is 6.08 Å². The number of halogens is 1. The predicted molar refractivity (Wildman–Crippen MR) is 101 cm³/mol. The number of methoxy groups -OCH3 is 1. The highest BCUT2D eigenvalue weighted by molar-refractivity contribution is 9.10. The quantitative estimate of drug-likeness (QED) is 0.732. The molecule has 0 fully saturated rings. The molecule has 0 aliphatic heterocycles. The molecule has 0 aliphatic rings. The maximum absolute atomic E-state index is 12.1. The van der Waals surface area contributed by atoms with E-state index in [0.29, 0.717) is 17.2 Å². The van der Waals surface area contributed by atoms with E-state index in [1.807, 2.05) is 31.2 Å². The zero-order chi connectivity index (χ0) is 18.2. The highest BCUT2D eigenvalue weighted by Crippen LogP contribution is 2.28. The number of aryl methyl sites for hydroxylation is 1. The van der Waals surface area contributed by atoms with Crippen molar-refractivity contribution in [3.05, 3.63) is 58.1 Å². The van der Waals surface area contributed by atoms with Gasteiger partial charge >= 0.3 is 0 Å². The van der Waals surface area contributed by atoms with Crippen LogP contribution in [0.2, 0.25) is 0 Å². The Balaban J connectivity index is 2.07. The minimum atomic E-state index is -0.242. The van der Waals surface area contributed by atoms with Crippen molar-refractivity contribution in [1.29, 1.82) is 5.26 Å². The normalized spacial score (nSPS) is 10.3. The zero-order valence-electron chi connectivity index (χ0n) is 13.9. The summed E-state index contributed by atoms with van der Waals surface area (Å²) >= 11 is 3.43. The summed E-state index contributed by atoms with van der Waals surface area (Å²) < 4.78 is 11.3. The summed E-state index contributed by atoms with van der Waals surface area (Å²) in [4.78, 5) is 12.1. The number of benzene rings is 2. The van der Waals surface area contributed by atoms with Gasteiger partial charge in [0.1, 0.15) is 6.07 Å². The molecule has 0 aromatic heterocycles. The molecule has 0 bridgehead atoms. The second kappa shape index (κ2) is 8.90. The van der Waals surface area contributed by atoms with E-state index in [1.165, 1.54) is 13.2 Å². The minimum absolute atomic E-state index is 0.0562. The molecule has 0 radical (unpaired) electrons. The fourth-order valence-electron chi connectivity index (χ4n) is 2.08. The predicted octanol–water partition coefficient (Wildman–Crippen LogP) is 4.32. The number of amides is 1. The Hall–Kier alpha value is -2.78. The van der Waals surface area contributed by atoms with Crippen molar-refractivity contribution < 1.29 is 14.3 Å². The van der Waals surface area contributed by atoms with Gasteiger partial charge in [-0.25, -0.2) is 0 Å². The summed E-state index contributed by atoms with van der Waals surface area (Å²) in [7, 11) is 1.52. The monoisotopic (exact) mass is 400 g/mol. The molecule has 0 saturated carbocycles. The van der Waals surface area contributed by atoms with Crippen molar-refractivity contribution in [2.75, 3.05) is 19.0 Å². The number of hydrogen-bond donors (Lipinski definition) is 1. The average molecular weight is 401 g/mol. The lowest BCUT2D eigenvalue weighted by Gasteiger charge is -2.09. The molecule has 0 atom stereocenters. The van der Waals surface area contributed by atoms with Crippen LogP contribution in [-0.2, 0) is 4.79 Å². The standard InChI is InChI=1S/C19H17BrN2O3/c1-13-3-6-16(15(20)11-13)22-19(23)8-5-14-4-7-17(25-10-9-21)18(12-14)24-2/h3-8,11-12H,10H2,1-2H3,(H,22,23). The van der Waals surface area contributed by atoms with Crippen LogP contribution in [-0.4, -0.2) is 19.6 Å². The number of carbonyl (C=O) groups is 1. The van der Waals surface area contributed by atoms with Crippen LogP contribution in [0.5, 0.6) is 11.5 Å². The first-order chi connectivity index (χ1) is 12.0. The van der Waals surface area contributed by atoms with Crippen LogP contribution in [0.3, 0.4) is 0 Å². The van der Waals surface area contributed by atoms with Gasteiger partial charge in [-0.15, -0.1) is 0 Å². The van der Waals surface area contributed by atoms with Crippen LogP contribution in [0.4, 0.5) is 5.69 Å². The van der Waals surface area contributed by atoms with Gasteiger partial charge in [-0.1, -0.05) is 12.1 Å². The number of ether oxygens (including phenoxy) is 2. The van der Waals surface area contributed by atoms with Crippen LogP contribution in [0.1, 0.15) is 11.1 Å². The highest BCUT2D eigenvalue weighted by Gasteiger charge is 2.06.